The Labute approximate surface area is 99.0 Å². The van der Waals surface area contributed by atoms with Crippen molar-refractivity contribution in [3.8, 4) is 0 Å². The van der Waals surface area contributed by atoms with Crippen molar-refractivity contribution >= 4 is 23.0 Å². The zero-order valence-electron chi connectivity index (χ0n) is 9.97. The lowest BCUT2D eigenvalue weighted by Crippen LogP contribution is -2.22. The Balaban J connectivity index is 4.29. The molecule has 5 nitrogen and oxygen atoms in total. The quantitative estimate of drug-likeness (QED) is 0.501. The highest BCUT2D eigenvalue weighted by atomic mass is 31.2. The van der Waals surface area contributed by atoms with Gasteiger partial charge in [-0.25, -0.2) is 4.79 Å². The number of carbonyl (C=O) groups excluding carboxylic acids is 1. The van der Waals surface area contributed by atoms with Gasteiger partial charge in [0.15, 0.2) is 6.10 Å². The average molecular weight is 270 g/mol. The second-order valence-electron chi connectivity index (χ2n) is 3.29. The minimum atomic E-state index is -3.19. The maximum Gasteiger partial charge on any atom is 0.335 e. The average Bonchev–Trinajstić information content (AvgIpc) is 2.26. The van der Waals surface area contributed by atoms with Gasteiger partial charge in [-0.3, -0.25) is 13.4 Å². The molecule has 0 aliphatic carbocycles. The number of ether oxygens (including phenoxy) is 1. The van der Waals surface area contributed by atoms with Gasteiger partial charge in [0.25, 0.3) is 0 Å². The van der Waals surface area contributed by atoms with Crippen LogP contribution in [0.25, 0.3) is 0 Å². The van der Waals surface area contributed by atoms with Gasteiger partial charge in [0.1, 0.15) is 0 Å². The van der Waals surface area contributed by atoms with E-state index in [0.717, 1.165) is 12.8 Å². The maximum atomic E-state index is 12.0. The second kappa shape index (κ2) is 8.19. The first-order chi connectivity index (χ1) is 7.49. The predicted octanol–water partition coefficient (Wildman–Crippen LogP) is 2.75. The Hall–Kier alpha value is 0.0500. The van der Waals surface area contributed by atoms with Crippen LogP contribution in [0.3, 0.4) is 0 Å². The molecule has 0 aliphatic rings. The number of hydrogen-bond donors (Lipinski definition) is 0. The van der Waals surface area contributed by atoms with Gasteiger partial charge in [0.2, 0.25) is 0 Å². The molecule has 0 saturated carbocycles. The first-order valence-electron chi connectivity index (χ1n) is 5.31. The van der Waals surface area contributed by atoms with Crippen molar-refractivity contribution in [3.05, 3.63) is 0 Å². The van der Waals surface area contributed by atoms with E-state index in [1.807, 2.05) is 16.4 Å². The molecule has 7 heteroatoms. The number of unbranched alkanes of at least 4 members (excludes halogenated alkanes) is 1. The van der Waals surface area contributed by atoms with Crippen molar-refractivity contribution in [2.24, 2.45) is 0 Å². The second-order valence-corrected chi connectivity index (χ2v) is 6.02. The SMILES string of the molecule is CCCCP(=O)(OP)O[C@H](C)C(=O)OCC. The Morgan fingerprint density at radius 2 is 2.06 bits per heavy atom. The number of esters is 1. The fourth-order valence-corrected chi connectivity index (χ4v) is 3.02. The molecular weight excluding hydrogens is 250 g/mol. The van der Waals surface area contributed by atoms with Crippen molar-refractivity contribution in [1.29, 1.82) is 0 Å². The number of carbonyl (C=O) groups is 1. The van der Waals surface area contributed by atoms with Crippen LogP contribution in [0.4, 0.5) is 0 Å². The van der Waals surface area contributed by atoms with E-state index in [0.29, 0.717) is 6.16 Å². The molecule has 0 spiro atoms. The van der Waals surface area contributed by atoms with Crippen molar-refractivity contribution in [2.45, 2.75) is 39.7 Å². The molecule has 0 amide bonds. The molecule has 0 saturated heterocycles. The predicted molar refractivity (Wildman–Crippen MR) is 65.4 cm³/mol. The van der Waals surface area contributed by atoms with E-state index in [9.17, 15) is 9.36 Å². The lowest BCUT2D eigenvalue weighted by Gasteiger charge is -2.19. The Morgan fingerprint density at radius 1 is 1.44 bits per heavy atom. The Bertz CT molecular complexity index is 256. The summed E-state index contributed by atoms with van der Waals surface area (Å²) in [7, 11) is -1.26. The highest BCUT2D eigenvalue weighted by molar-refractivity contribution is 7.57. The number of hydrogen-bond acceptors (Lipinski definition) is 5. The number of rotatable bonds is 8. The normalized spacial score (nSPS) is 16.5. The third-order valence-electron chi connectivity index (χ3n) is 1.88. The van der Waals surface area contributed by atoms with Gasteiger partial charge in [-0.05, 0) is 20.3 Å². The highest BCUT2D eigenvalue weighted by Crippen LogP contribution is 2.52. The van der Waals surface area contributed by atoms with Crippen LogP contribution in [0, 0.1) is 0 Å². The largest absolute Gasteiger partial charge is 0.464 e. The van der Waals surface area contributed by atoms with Crippen molar-refractivity contribution in [3.63, 3.8) is 0 Å². The smallest absolute Gasteiger partial charge is 0.335 e. The summed E-state index contributed by atoms with van der Waals surface area (Å²) in [5.74, 6) is -0.527. The molecule has 0 heterocycles. The third kappa shape index (κ3) is 5.95. The fraction of sp³-hybridized carbons (Fsp3) is 0.889. The molecule has 0 rings (SSSR count). The topological polar surface area (TPSA) is 61.8 Å². The van der Waals surface area contributed by atoms with Gasteiger partial charge in [0.05, 0.1) is 12.8 Å². The van der Waals surface area contributed by atoms with Crippen LogP contribution in [0.1, 0.15) is 33.6 Å². The van der Waals surface area contributed by atoms with Gasteiger partial charge in [-0.1, -0.05) is 13.3 Å². The first kappa shape index (κ1) is 16.1. The van der Waals surface area contributed by atoms with Crippen molar-refractivity contribution in [1.82, 2.24) is 0 Å². The molecular formula is C9H20O5P2. The summed E-state index contributed by atoms with van der Waals surface area (Å²) in [6.07, 6.45) is 1.04. The van der Waals surface area contributed by atoms with Gasteiger partial charge in [0, 0.05) is 9.47 Å². The Morgan fingerprint density at radius 3 is 2.50 bits per heavy atom. The van der Waals surface area contributed by atoms with Gasteiger partial charge in [-0.15, -0.1) is 0 Å². The van der Waals surface area contributed by atoms with E-state index in [-0.39, 0.29) is 6.61 Å². The molecule has 0 aromatic carbocycles. The lowest BCUT2D eigenvalue weighted by atomic mass is 10.4. The van der Waals surface area contributed by atoms with E-state index in [2.05, 4.69) is 0 Å². The lowest BCUT2D eigenvalue weighted by molar-refractivity contribution is -0.150. The molecule has 0 bridgehead atoms. The third-order valence-corrected chi connectivity index (χ3v) is 4.67. The minimum Gasteiger partial charge on any atom is -0.464 e. The highest BCUT2D eigenvalue weighted by Gasteiger charge is 2.29. The minimum absolute atomic E-state index is 0.271. The molecule has 0 N–H and O–H groups in total. The van der Waals surface area contributed by atoms with Crippen LogP contribution < -0.4 is 0 Å². The monoisotopic (exact) mass is 270 g/mol. The van der Waals surface area contributed by atoms with Crippen LogP contribution in [0.15, 0.2) is 0 Å². The Kier molecular flexibility index (Phi) is 8.21. The fourth-order valence-electron chi connectivity index (χ4n) is 1.03. The zero-order valence-corrected chi connectivity index (χ0v) is 12.0. The van der Waals surface area contributed by atoms with Crippen LogP contribution >= 0.6 is 17.1 Å². The molecule has 0 aromatic heterocycles. The summed E-state index contributed by atoms with van der Waals surface area (Å²) >= 11 is 0. The van der Waals surface area contributed by atoms with E-state index < -0.39 is 19.7 Å². The first-order valence-corrected chi connectivity index (χ1v) is 7.51. The summed E-state index contributed by atoms with van der Waals surface area (Å²) in [4.78, 5) is 11.3. The van der Waals surface area contributed by atoms with Crippen LogP contribution in [0.5, 0.6) is 0 Å². The maximum absolute atomic E-state index is 12.0. The van der Waals surface area contributed by atoms with Gasteiger partial charge < -0.3 is 4.74 Å². The van der Waals surface area contributed by atoms with Crippen LogP contribution in [-0.2, 0) is 22.9 Å². The summed E-state index contributed by atoms with van der Waals surface area (Å²) in [6, 6.07) is 0. The van der Waals surface area contributed by atoms with Gasteiger partial charge >= 0.3 is 13.6 Å². The molecule has 0 aliphatic heterocycles. The summed E-state index contributed by atoms with van der Waals surface area (Å²) in [6.45, 7) is 5.45. The van der Waals surface area contributed by atoms with Crippen molar-refractivity contribution < 1.29 is 22.9 Å². The van der Waals surface area contributed by atoms with Crippen LogP contribution in [-0.4, -0.2) is 24.8 Å². The molecule has 3 atom stereocenters. The molecule has 0 fully saturated rings. The zero-order chi connectivity index (χ0) is 12.6. The molecule has 0 aromatic rings. The van der Waals surface area contributed by atoms with E-state index in [1.165, 1.54) is 6.92 Å². The van der Waals surface area contributed by atoms with E-state index in [1.54, 1.807) is 6.92 Å². The summed E-state index contributed by atoms with van der Waals surface area (Å²) in [5.41, 5.74) is 0. The molecule has 16 heavy (non-hydrogen) atoms. The van der Waals surface area contributed by atoms with Crippen LogP contribution in [0.2, 0.25) is 0 Å². The van der Waals surface area contributed by atoms with Crippen molar-refractivity contribution in [2.75, 3.05) is 12.8 Å². The molecule has 0 radical (unpaired) electrons. The van der Waals surface area contributed by atoms with E-state index >= 15 is 0 Å². The van der Waals surface area contributed by atoms with E-state index in [4.69, 9.17) is 13.6 Å². The summed E-state index contributed by atoms with van der Waals surface area (Å²) < 4.78 is 26.7. The van der Waals surface area contributed by atoms with Gasteiger partial charge in [-0.2, -0.15) is 0 Å². The molecule has 2 unspecified atom stereocenters. The molecule has 96 valence electrons. The summed E-state index contributed by atoms with van der Waals surface area (Å²) in [5, 5.41) is 0. The standard InChI is InChI=1S/C9H20O5P2/c1-4-6-7-16(11,14-15)13-8(3)9(10)12-5-2/h8H,4-7,15H2,1-3H3/t8-,16?/m1/s1.